The molecule has 0 bridgehead atoms. The lowest BCUT2D eigenvalue weighted by molar-refractivity contribution is -0.122. The smallest absolute Gasteiger partial charge is 0.273 e. The first-order valence-electron chi connectivity index (χ1n) is 62.2. The van der Waals surface area contributed by atoms with Gasteiger partial charge < -0.3 is 66.3 Å². The van der Waals surface area contributed by atoms with Gasteiger partial charge in [-0.1, -0.05) is 277 Å². The highest BCUT2D eigenvalue weighted by Gasteiger charge is 2.51. The summed E-state index contributed by atoms with van der Waals surface area (Å²) in [5.74, 6) is 8.28. The SMILES string of the molecule is CC(C)C1CC(F)(F)C1.CC(C)C1CC(F)(F)CO1.CC(C)C1CC2(CC2)CO1.CC(C)C1CCC(C)(C)O1.CC(C)C1CCC(C)(F)CO1.CC(C)C1CCC2(CC2)CO1.CC(C)C1CCCC1.CC(C)C1CCCCC1.CC(C)C1CCCCC1.CC(C)C1CCCCO1.CC(C)C1CCOC(C)(C)C1.CC(C)C1COCCO1.CC(C)COC(C)(C)C.CC(C)OC1CC1.CC(C)OCC1(C)CC1.COCCOC(C)C. The quantitative estimate of drug-likeness (QED) is 0.0711. The third-order valence-electron chi connectivity index (χ3n) is 32.8. The van der Waals surface area contributed by atoms with Crippen molar-refractivity contribution in [3.63, 3.8) is 0 Å². The summed E-state index contributed by atoms with van der Waals surface area (Å²) in [4.78, 5) is 0. The van der Waals surface area contributed by atoms with E-state index in [4.69, 9.17) is 66.3 Å². The van der Waals surface area contributed by atoms with Gasteiger partial charge in [-0.25, -0.2) is 22.0 Å². The first-order valence-corrected chi connectivity index (χ1v) is 62.2. The summed E-state index contributed by atoms with van der Waals surface area (Å²) in [6, 6.07) is 0. The predicted molar refractivity (Wildman–Crippen MR) is 622 cm³/mol. The van der Waals surface area contributed by atoms with Gasteiger partial charge in [-0.2, -0.15) is 0 Å². The number of hydrogen-bond acceptors (Lipinski definition) is 14. The molecule has 149 heavy (non-hydrogen) atoms. The molecule has 9 atom stereocenters. The normalized spacial score (nSPS) is 27.2. The second-order valence-corrected chi connectivity index (χ2v) is 56.4. The summed E-state index contributed by atoms with van der Waals surface area (Å²) in [6.07, 6.45) is 50.8. The van der Waals surface area contributed by atoms with Crippen molar-refractivity contribution in [2.45, 2.75) is 623 Å². The molecular weight excluding hydrogens is 1880 g/mol. The van der Waals surface area contributed by atoms with E-state index in [0.29, 0.717) is 132 Å². The first-order chi connectivity index (χ1) is 69.1. The summed E-state index contributed by atoms with van der Waals surface area (Å²) in [5.41, 5.74) is 1.14. The Kier molecular flexibility index (Phi) is 73.9. The maximum absolute atomic E-state index is 13.2. The molecule has 14 nitrogen and oxygen atoms in total. The van der Waals surface area contributed by atoms with E-state index in [2.05, 4.69) is 235 Å². The molecule has 8 aliphatic carbocycles. The van der Waals surface area contributed by atoms with Crippen molar-refractivity contribution < 1.29 is 88.3 Å². The Bertz CT molecular complexity index is 2910. The van der Waals surface area contributed by atoms with E-state index < -0.39 is 24.1 Å². The lowest BCUT2D eigenvalue weighted by Crippen LogP contribution is -2.37. The first kappa shape index (κ1) is 146. The highest BCUT2D eigenvalue weighted by atomic mass is 19.3. The highest BCUT2D eigenvalue weighted by molar-refractivity contribution is 5.00. The maximum Gasteiger partial charge on any atom is 0.273 e. The van der Waals surface area contributed by atoms with Crippen molar-refractivity contribution >= 4 is 0 Å². The maximum atomic E-state index is 13.2. The minimum Gasteiger partial charge on any atom is -0.382 e. The third-order valence-corrected chi connectivity index (χ3v) is 32.8. The molecule has 16 fully saturated rings. The fourth-order valence-electron chi connectivity index (χ4n) is 20.3. The van der Waals surface area contributed by atoms with Crippen molar-refractivity contribution in [2.75, 3.05) is 93.0 Å². The fourth-order valence-corrected chi connectivity index (χ4v) is 20.3. The molecule has 8 heterocycles. The van der Waals surface area contributed by atoms with E-state index >= 15 is 0 Å². The van der Waals surface area contributed by atoms with Gasteiger partial charge in [-0.3, -0.25) is 0 Å². The van der Waals surface area contributed by atoms with Crippen LogP contribution in [0.3, 0.4) is 0 Å². The Labute approximate surface area is 921 Å². The van der Waals surface area contributed by atoms with Gasteiger partial charge in [0.2, 0.25) is 5.92 Å². The lowest BCUT2D eigenvalue weighted by Gasteiger charge is -2.37. The second kappa shape index (κ2) is 75.4. The lowest BCUT2D eigenvalue weighted by atomic mass is 9.74. The zero-order valence-corrected chi connectivity index (χ0v) is 106. The average molecular weight is 2140 g/mol. The monoisotopic (exact) mass is 2140 g/mol. The zero-order valence-electron chi connectivity index (χ0n) is 106. The summed E-state index contributed by atoms with van der Waals surface area (Å²) in [5, 5.41) is 0. The minimum atomic E-state index is -2.57. The summed E-state index contributed by atoms with van der Waals surface area (Å²) in [7, 11) is 1.67. The van der Waals surface area contributed by atoms with Crippen LogP contribution in [0, 0.1) is 123 Å². The van der Waals surface area contributed by atoms with E-state index in [1.807, 2.05) is 41.5 Å². The molecule has 8 aliphatic heterocycles. The van der Waals surface area contributed by atoms with Crippen molar-refractivity contribution in [3.05, 3.63) is 0 Å². The zero-order chi connectivity index (χ0) is 113. The van der Waals surface area contributed by atoms with Gasteiger partial charge in [0.25, 0.3) is 5.92 Å². The van der Waals surface area contributed by atoms with Gasteiger partial charge in [-0.15, -0.1) is 0 Å². The fraction of sp³-hybridized carbons (Fsp3) is 1.00. The summed E-state index contributed by atoms with van der Waals surface area (Å²) in [6.45, 7) is 98.0. The van der Waals surface area contributed by atoms with Gasteiger partial charge in [0, 0.05) is 46.2 Å². The van der Waals surface area contributed by atoms with Crippen LogP contribution in [0.25, 0.3) is 0 Å². The molecule has 16 aliphatic rings. The van der Waals surface area contributed by atoms with Crippen LogP contribution in [0.1, 0.15) is 521 Å². The van der Waals surface area contributed by atoms with Crippen LogP contribution < -0.4 is 0 Å². The molecular formula is C130H255F5O14. The van der Waals surface area contributed by atoms with Crippen LogP contribution in [0.15, 0.2) is 0 Å². The van der Waals surface area contributed by atoms with Crippen molar-refractivity contribution in [1.29, 1.82) is 0 Å². The third kappa shape index (κ3) is 74.3. The van der Waals surface area contributed by atoms with E-state index in [9.17, 15) is 22.0 Å². The van der Waals surface area contributed by atoms with Gasteiger partial charge in [0.05, 0.1) is 143 Å². The van der Waals surface area contributed by atoms with E-state index in [-0.39, 0.29) is 66.7 Å². The molecule has 0 aromatic heterocycles. The van der Waals surface area contributed by atoms with Crippen molar-refractivity contribution in [3.8, 4) is 0 Å². The second-order valence-electron chi connectivity index (χ2n) is 56.4. The Balaban J connectivity index is 0.000000796. The summed E-state index contributed by atoms with van der Waals surface area (Å²) >= 11 is 0. The number of rotatable bonds is 23. The largest absolute Gasteiger partial charge is 0.382 e. The van der Waals surface area contributed by atoms with Gasteiger partial charge in [0.15, 0.2) is 0 Å². The Morgan fingerprint density at radius 1 is 0.302 bits per heavy atom. The number of alkyl halides is 5. The molecule has 0 amide bonds. The van der Waals surface area contributed by atoms with Crippen LogP contribution in [-0.2, 0) is 66.3 Å². The standard InChI is InChI=1S/C10H18O.C10H20O.C9H17FO.C9H16O.C9H18O.2C9H18.2C8H16O.C8H18O.C8H16.C7H12F2O.C7H12F2.C7H14O2.C6H14O2.C6H12O/c1-8(2)9-3-4-10(5-6-10)7-11-9;1-8(2)9-5-6-11-10(3,4)7-9;1-7(2)8-4-5-9(3,10)6-11-8;1-7(2)8-5-9(3-4-9)6-10-8;1-7(2)8-5-6-9(3,4)10-8;2*1-8(2)9-6-4-3-5-7-9;1-7(2)9-6-8(3)4-5-8;1-7(2)8-5-3-4-6-9-8;1-7(2)6-9-8(3,4)5;1-7(2)8-5-3-4-6-8;1-5(2)6-3-7(8,9)4-10-6;1-5(2)6-3-7(8,9)4-6;1-6(2)7-5-8-3-4-9-7;1-6(2)8-5-4-7-3;1-5(2)7-6-3-4-6/h8-9H,3-7H2,1-2H3;8-9H,5-7H2,1-4H3;7-8H,4-6H2,1-3H3;7-8H,3-6H2,1-2H3;7-8H,5-6H2,1-4H3;2*8-9H,3-7H2,1-2H3;7H,4-6H2,1-3H3;7-8H,3-6H2,1-2H3;7H,6H2,1-5H3;7-8H,3-6H2,1-2H3;5-6H,3-4H2,1-2H3;5-6H,3-4H2,1-2H3;6-7H,3-5H2,1-2H3;6H,4-5H2,1-3H3;5-6H,3-4H2,1-2H3. The Morgan fingerprint density at radius 3 is 0.960 bits per heavy atom. The van der Waals surface area contributed by atoms with Crippen molar-refractivity contribution in [2.24, 2.45) is 123 Å². The predicted octanol–water partition coefficient (Wildman–Crippen LogP) is 37.4. The molecule has 9 unspecified atom stereocenters. The van der Waals surface area contributed by atoms with Gasteiger partial charge in [0.1, 0.15) is 12.3 Å². The van der Waals surface area contributed by atoms with Crippen molar-refractivity contribution in [1.82, 2.24) is 0 Å². The number of ether oxygens (including phenoxy) is 14. The number of hydrogen-bond donors (Lipinski definition) is 0. The summed E-state index contributed by atoms with van der Waals surface area (Å²) < 4.78 is 138. The van der Waals surface area contributed by atoms with Crippen LogP contribution in [0.5, 0.6) is 0 Å². The molecule has 0 aromatic rings. The number of halogens is 5. The van der Waals surface area contributed by atoms with Crippen LogP contribution >= 0.6 is 0 Å². The van der Waals surface area contributed by atoms with E-state index in [1.54, 1.807) is 14.0 Å². The molecule has 0 N–H and O–H groups in total. The van der Waals surface area contributed by atoms with Crippen LogP contribution in [0.4, 0.5) is 22.0 Å². The molecule has 16 rings (SSSR count). The van der Waals surface area contributed by atoms with Crippen LogP contribution in [0.2, 0.25) is 0 Å². The molecule has 0 aromatic carbocycles. The van der Waals surface area contributed by atoms with Gasteiger partial charge in [-0.05, 0) is 348 Å². The van der Waals surface area contributed by atoms with E-state index in [1.165, 1.54) is 205 Å². The molecule has 8 saturated heterocycles. The topological polar surface area (TPSA) is 129 Å². The number of methoxy groups -OCH3 is 1. The molecule has 2 spiro atoms. The minimum absolute atomic E-state index is 0.0320. The Morgan fingerprint density at radius 2 is 0.711 bits per heavy atom. The molecule has 19 heteroatoms. The Hall–Kier alpha value is -0.910. The van der Waals surface area contributed by atoms with Crippen LogP contribution in [-0.4, -0.2) is 194 Å². The molecule has 8 saturated carbocycles. The molecule has 0 radical (unpaired) electrons. The van der Waals surface area contributed by atoms with E-state index in [0.717, 1.165) is 119 Å². The molecule has 894 valence electrons. The highest BCUT2D eigenvalue weighted by Crippen LogP contribution is 2.56. The average Bonchev–Trinajstić information content (AvgIpc) is 1.55. The van der Waals surface area contributed by atoms with Gasteiger partial charge >= 0.3 is 0 Å².